The maximum atomic E-state index is 5.65. The Morgan fingerprint density at radius 1 is 1.16 bits per heavy atom. The van der Waals surface area contributed by atoms with Crippen LogP contribution in [0.4, 0.5) is 0 Å². The molecule has 3 rings (SSSR count). The highest BCUT2D eigenvalue weighted by atomic mass is 32.1. The van der Waals surface area contributed by atoms with Crippen molar-refractivity contribution in [3.63, 3.8) is 0 Å². The van der Waals surface area contributed by atoms with Crippen molar-refractivity contribution < 1.29 is 9.47 Å². The number of fused-ring (bicyclic) bond motifs is 1. The maximum Gasteiger partial charge on any atom is 0.169 e. The Bertz CT molecular complexity index is 749. The molecule has 25 heavy (non-hydrogen) atoms. The van der Waals surface area contributed by atoms with E-state index in [1.165, 1.54) is 16.7 Å². The number of ether oxygens (including phenoxy) is 2. The van der Waals surface area contributed by atoms with E-state index >= 15 is 0 Å². The van der Waals surface area contributed by atoms with Crippen molar-refractivity contribution in [1.29, 1.82) is 0 Å². The minimum atomic E-state index is 0.194. The van der Waals surface area contributed by atoms with E-state index in [4.69, 9.17) is 21.7 Å². The van der Waals surface area contributed by atoms with Gasteiger partial charge in [-0.05, 0) is 54.4 Å². The third-order valence-electron chi connectivity index (χ3n) is 4.73. The highest BCUT2D eigenvalue weighted by Gasteiger charge is 2.27. The normalized spacial score (nSPS) is 16.1. The molecule has 1 atom stereocenters. The minimum absolute atomic E-state index is 0.194. The van der Waals surface area contributed by atoms with Gasteiger partial charge in [-0.15, -0.1) is 0 Å². The second-order valence-electron chi connectivity index (χ2n) is 6.17. The summed E-state index contributed by atoms with van der Waals surface area (Å²) in [5, 5.41) is 4.17. The zero-order chi connectivity index (χ0) is 17.8. The first-order valence-electron chi connectivity index (χ1n) is 8.47. The molecular formula is C20H24N2O2S. The predicted molar refractivity (Wildman–Crippen MR) is 104 cm³/mol. The first kappa shape index (κ1) is 17.5. The van der Waals surface area contributed by atoms with Gasteiger partial charge in [0, 0.05) is 13.1 Å². The van der Waals surface area contributed by atoms with Crippen LogP contribution in [0, 0.1) is 0 Å². The monoisotopic (exact) mass is 356 g/mol. The molecule has 0 spiro atoms. The summed E-state index contributed by atoms with van der Waals surface area (Å²) in [4.78, 5) is 2.24. The molecule has 0 aromatic heterocycles. The highest BCUT2D eigenvalue weighted by molar-refractivity contribution is 7.80. The molecule has 1 heterocycles. The van der Waals surface area contributed by atoms with Gasteiger partial charge in [0.25, 0.3) is 0 Å². The summed E-state index contributed by atoms with van der Waals surface area (Å²) in [7, 11) is 3.34. The second kappa shape index (κ2) is 7.74. The van der Waals surface area contributed by atoms with Crippen LogP contribution in [-0.4, -0.2) is 30.8 Å². The van der Waals surface area contributed by atoms with Crippen LogP contribution < -0.4 is 14.8 Å². The van der Waals surface area contributed by atoms with Crippen LogP contribution in [0.1, 0.15) is 29.7 Å². The van der Waals surface area contributed by atoms with Crippen molar-refractivity contribution in [2.45, 2.75) is 25.9 Å². The SMILES string of the molecule is COc1cc2c(cc1OC)[C@H](C)N(C(=S)NCc1ccccc1)CC2. The number of thiocarbonyl (C=S) groups is 1. The molecule has 1 N–H and O–H groups in total. The number of methoxy groups -OCH3 is 2. The molecule has 0 bridgehead atoms. The smallest absolute Gasteiger partial charge is 0.169 e. The van der Waals surface area contributed by atoms with E-state index < -0.39 is 0 Å². The highest BCUT2D eigenvalue weighted by Crippen LogP contribution is 2.37. The fraction of sp³-hybridized carbons (Fsp3) is 0.350. The molecule has 1 aliphatic heterocycles. The van der Waals surface area contributed by atoms with E-state index in [0.717, 1.165) is 36.1 Å². The first-order valence-corrected chi connectivity index (χ1v) is 8.88. The van der Waals surface area contributed by atoms with E-state index in [0.29, 0.717) is 0 Å². The quantitative estimate of drug-likeness (QED) is 0.845. The van der Waals surface area contributed by atoms with Gasteiger partial charge >= 0.3 is 0 Å². The predicted octanol–water partition coefficient (Wildman–Crippen LogP) is 3.70. The Morgan fingerprint density at radius 3 is 2.52 bits per heavy atom. The van der Waals surface area contributed by atoms with Crippen LogP contribution >= 0.6 is 12.2 Å². The Morgan fingerprint density at radius 2 is 1.84 bits per heavy atom. The van der Waals surface area contributed by atoms with Crippen LogP contribution in [0.5, 0.6) is 11.5 Å². The van der Waals surface area contributed by atoms with Crippen LogP contribution in [0.15, 0.2) is 42.5 Å². The molecule has 2 aromatic rings. The number of hydrogen-bond acceptors (Lipinski definition) is 3. The Labute approximate surface area is 154 Å². The number of benzene rings is 2. The third-order valence-corrected chi connectivity index (χ3v) is 5.11. The molecular weight excluding hydrogens is 332 g/mol. The largest absolute Gasteiger partial charge is 0.493 e. The number of hydrogen-bond donors (Lipinski definition) is 1. The molecule has 1 aliphatic rings. The van der Waals surface area contributed by atoms with Gasteiger partial charge in [-0.3, -0.25) is 0 Å². The lowest BCUT2D eigenvalue weighted by atomic mass is 9.93. The van der Waals surface area contributed by atoms with Crippen LogP contribution in [0.3, 0.4) is 0 Å². The van der Waals surface area contributed by atoms with E-state index in [2.05, 4.69) is 41.4 Å². The van der Waals surface area contributed by atoms with Gasteiger partial charge in [-0.2, -0.15) is 0 Å². The third kappa shape index (κ3) is 3.71. The molecule has 0 saturated carbocycles. The van der Waals surface area contributed by atoms with Crippen LogP contribution in [0.25, 0.3) is 0 Å². The van der Waals surface area contributed by atoms with Gasteiger partial charge in [0.15, 0.2) is 16.6 Å². The summed E-state index contributed by atoms with van der Waals surface area (Å²) in [5.41, 5.74) is 3.77. The number of nitrogens with zero attached hydrogens (tertiary/aromatic N) is 1. The summed E-state index contributed by atoms with van der Waals surface area (Å²) >= 11 is 5.65. The summed E-state index contributed by atoms with van der Waals surface area (Å²) < 4.78 is 10.9. The van der Waals surface area contributed by atoms with Crippen molar-refractivity contribution in [3.8, 4) is 11.5 Å². The second-order valence-corrected chi connectivity index (χ2v) is 6.56. The molecule has 0 fully saturated rings. The van der Waals surface area contributed by atoms with Crippen LogP contribution in [0.2, 0.25) is 0 Å². The molecule has 0 unspecified atom stereocenters. The lowest BCUT2D eigenvalue weighted by Gasteiger charge is -2.37. The van der Waals surface area contributed by atoms with Crippen molar-refractivity contribution in [2.24, 2.45) is 0 Å². The fourth-order valence-electron chi connectivity index (χ4n) is 3.30. The average Bonchev–Trinajstić information content (AvgIpc) is 2.66. The zero-order valence-corrected chi connectivity index (χ0v) is 15.7. The average molecular weight is 356 g/mol. The van der Waals surface area contributed by atoms with Crippen molar-refractivity contribution in [3.05, 3.63) is 59.2 Å². The number of nitrogens with one attached hydrogen (secondary N) is 1. The van der Waals surface area contributed by atoms with Crippen molar-refractivity contribution >= 4 is 17.3 Å². The Hall–Kier alpha value is -2.27. The Kier molecular flexibility index (Phi) is 5.43. The van der Waals surface area contributed by atoms with E-state index in [1.54, 1.807) is 14.2 Å². The maximum absolute atomic E-state index is 5.65. The molecule has 0 saturated heterocycles. The lowest BCUT2D eigenvalue weighted by molar-refractivity contribution is 0.308. The van der Waals surface area contributed by atoms with E-state index in [1.807, 2.05) is 18.2 Å². The topological polar surface area (TPSA) is 33.7 Å². The molecule has 4 nitrogen and oxygen atoms in total. The standard InChI is InChI=1S/C20H24N2O2S/c1-14-17-12-19(24-3)18(23-2)11-16(17)9-10-22(14)20(25)21-13-15-7-5-4-6-8-15/h4-8,11-12,14H,9-10,13H2,1-3H3,(H,21,25)/t14-/m0/s1. The Balaban J connectivity index is 1.74. The minimum Gasteiger partial charge on any atom is -0.493 e. The zero-order valence-electron chi connectivity index (χ0n) is 14.9. The van der Waals surface area contributed by atoms with Gasteiger partial charge in [0.2, 0.25) is 0 Å². The molecule has 132 valence electrons. The number of rotatable bonds is 4. The summed E-state index contributed by atoms with van der Waals surface area (Å²) in [6.45, 7) is 3.81. The van der Waals surface area contributed by atoms with Crippen molar-refractivity contribution in [1.82, 2.24) is 10.2 Å². The van der Waals surface area contributed by atoms with Gasteiger partial charge in [-0.25, -0.2) is 0 Å². The van der Waals surface area contributed by atoms with E-state index in [9.17, 15) is 0 Å². The molecule has 0 amide bonds. The fourth-order valence-corrected chi connectivity index (χ4v) is 3.62. The lowest BCUT2D eigenvalue weighted by Crippen LogP contribution is -2.44. The molecule has 2 aromatic carbocycles. The molecule has 0 radical (unpaired) electrons. The van der Waals surface area contributed by atoms with Gasteiger partial charge in [0.1, 0.15) is 0 Å². The summed E-state index contributed by atoms with van der Waals surface area (Å²) in [6, 6.07) is 14.7. The summed E-state index contributed by atoms with van der Waals surface area (Å²) in [6.07, 6.45) is 0.938. The van der Waals surface area contributed by atoms with Gasteiger partial charge in [0.05, 0.1) is 20.3 Å². The van der Waals surface area contributed by atoms with Crippen molar-refractivity contribution in [2.75, 3.05) is 20.8 Å². The molecule has 0 aliphatic carbocycles. The van der Waals surface area contributed by atoms with E-state index in [-0.39, 0.29) is 6.04 Å². The molecule has 5 heteroatoms. The first-order chi connectivity index (χ1) is 12.1. The van der Waals surface area contributed by atoms with Gasteiger partial charge < -0.3 is 19.7 Å². The summed E-state index contributed by atoms with van der Waals surface area (Å²) in [5.74, 6) is 1.55. The van der Waals surface area contributed by atoms with Crippen LogP contribution in [-0.2, 0) is 13.0 Å². The van der Waals surface area contributed by atoms with Gasteiger partial charge in [-0.1, -0.05) is 30.3 Å².